The van der Waals surface area contributed by atoms with Crippen LogP contribution >= 0.6 is 0 Å². The van der Waals surface area contributed by atoms with Crippen molar-refractivity contribution in [3.05, 3.63) is 48.9 Å². The molecule has 0 aromatic carbocycles. The van der Waals surface area contributed by atoms with Gasteiger partial charge in [0.25, 0.3) is 0 Å². The van der Waals surface area contributed by atoms with E-state index in [4.69, 9.17) is 5.73 Å². The highest BCUT2D eigenvalue weighted by molar-refractivity contribution is 5.61. The zero-order valence-electron chi connectivity index (χ0n) is 8.54. The smallest absolute Gasteiger partial charge is 0.137 e. The van der Waals surface area contributed by atoms with Crippen LogP contribution in [0.4, 0.5) is 5.69 Å². The van der Waals surface area contributed by atoms with Crippen molar-refractivity contribution in [2.75, 3.05) is 5.73 Å². The molecule has 16 heavy (non-hydrogen) atoms. The van der Waals surface area contributed by atoms with Crippen LogP contribution in [0.2, 0.25) is 0 Å². The van der Waals surface area contributed by atoms with Crippen molar-refractivity contribution in [2.24, 2.45) is 0 Å². The molecule has 3 aromatic heterocycles. The third kappa shape index (κ3) is 1.32. The largest absolute Gasteiger partial charge is 0.397 e. The van der Waals surface area contributed by atoms with Gasteiger partial charge in [0.15, 0.2) is 0 Å². The van der Waals surface area contributed by atoms with Crippen molar-refractivity contribution >= 4 is 11.3 Å². The molecule has 0 radical (unpaired) electrons. The number of hydrogen-bond donors (Lipinski definition) is 1. The van der Waals surface area contributed by atoms with Crippen LogP contribution in [0.5, 0.6) is 0 Å². The summed E-state index contributed by atoms with van der Waals surface area (Å²) < 4.78 is 2.00. The van der Waals surface area contributed by atoms with Gasteiger partial charge in [0.1, 0.15) is 5.65 Å². The molecule has 0 amide bonds. The van der Waals surface area contributed by atoms with Crippen molar-refractivity contribution in [1.82, 2.24) is 14.4 Å². The van der Waals surface area contributed by atoms with Crippen molar-refractivity contribution in [3.63, 3.8) is 0 Å². The first-order valence-corrected chi connectivity index (χ1v) is 4.98. The second kappa shape index (κ2) is 3.34. The molecule has 2 N–H and O–H groups in total. The molecule has 3 aromatic rings. The number of fused-ring (bicyclic) bond motifs is 1. The lowest BCUT2D eigenvalue weighted by molar-refractivity contribution is 1.16. The van der Waals surface area contributed by atoms with Gasteiger partial charge in [-0.15, -0.1) is 0 Å². The lowest BCUT2D eigenvalue weighted by Crippen LogP contribution is -1.93. The van der Waals surface area contributed by atoms with Crippen LogP contribution in [-0.4, -0.2) is 14.4 Å². The summed E-state index contributed by atoms with van der Waals surface area (Å²) >= 11 is 0. The summed E-state index contributed by atoms with van der Waals surface area (Å²) in [6, 6.07) is 9.69. The highest BCUT2D eigenvalue weighted by Crippen LogP contribution is 2.18. The predicted molar refractivity (Wildman–Crippen MR) is 62.8 cm³/mol. The van der Waals surface area contributed by atoms with Gasteiger partial charge in [0.2, 0.25) is 0 Å². The summed E-state index contributed by atoms with van der Waals surface area (Å²) in [5, 5.41) is 0. The zero-order chi connectivity index (χ0) is 11.0. The number of aromatic nitrogens is 3. The Bertz CT molecular complexity index is 625. The fourth-order valence-electron chi connectivity index (χ4n) is 1.71. The summed E-state index contributed by atoms with van der Waals surface area (Å²) in [6.45, 7) is 0. The first-order chi connectivity index (χ1) is 7.84. The van der Waals surface area contributed by atoms with E-state index in [-0.39, 0.29) is 0 Å². The van der Waals surface area contributed by atoms with Crippen LogP contribution in [0.15, 0.2) is 48.9 Å². The highest BCUT2D eigenvalue weighted by atomic mass is 15.0. The van der Waals surface area contributed by atoms with Gasteiger partial charge in [0.05, 0.1) is 23.3 Å². The summed E-state index contributed by atoms with van der Waals surface area (Å²) in [5.74, 6) is 0. The fourth-order valence-corrected chi connectivity index (χ4v) is 1.71. The normalized spacial score (nSPS) is 10.8. The molecule has 0 spiro atoms. The van der Waals surface area contributed by atoms with Gasteiger partial charge in [-0.2, -0.15) is 0 Å². The maximum Gasteiger partial charge on any atom is 0.137 e. The van der Waals surface area contributed by atoms with Gasteiger partial charge in [0, 0.05) is 12.4 Å². The highest BCUT2D eigenvalue weighted by Gasteiger charge is 2.03. The van der Waals surface area contributed by atoms with Gasteiger partial charge < -0.3 is 5.73 Å². The summed E-state index contributed by atoms with van der Waals surface area (Å²) in [5.41, 5.74) is 9.09. The van der Waals surface area contributed by atoms with Gasteiger partial charge in [-0.3, -0.25) is 9.38 Å². The average molecular weight is 210 g/mol. The van der Waals surface area contributed by atoms with Gasteiger partial charge in [-0.1, -0.05) is 6.07 Å². The number of rotatable bonds is 1. The molecule has 0 aliphatic heterocycles. The van der Waals surface area contributed by atoms with Crippen LogP contribution in [0, 0.1) is 0 Å². The lowest BCUT2D eigenvalue weighted by Gasteiger charge is -2.04. The molecule has 0 bridgehead atoms. The number of hydrogen-bond acceptors (Lipinski definition) is 3. The molecule has 78 valence electrons. The minimum absolute atomic E-state index is 0.668. The Morgan fingerprint density at radius 1 is 1.06 bits per heavy atom. The number of nitrogens with zero attached hydrogens (tertiary/aromatic N) is 3. The van der Waals surface area contributed by atoms with Gasteiger partial charge in [-0.25, -0.2) is 4.98 Å². The maximum atomic E-state index is 5.62. The Hall–Kier alpha value is -2.36. The molecular formula is C12H10N4. The molecule has 0 saturated heterocycles. The van der Waals surface area contributed by atoms with Crippen molar-refractivity contribution in [1.29, 1.82) is 0 Å². The first kappa shape index (κ1) is 8.91. The molecule has 3 rings (SSSR count). The van der Waals surface area contributed by atoms with Crippen LogP contribution in [0.1, 0.15) is 0 Å². The molecule has 0 aliphatic carbocycles. The number of nitrogen functional groups attached to an aromatic ring is 1. The topological polar surface area (TPSA) is 56.2 Å². The number of pyridine rings is 2. The molecule has 0 saturated carbocycles. The lowest BCUT2D eigenvalue weighted by atomic mass is 10.2. The molecule has 0 aliphatic rings. The Morgan fingerprint density at radius 3 is 2.81 bits per heavy atom. The van der Waals surface area contributed by atoms with Crippen molar-refractivity contribution in [3.8, 4) is 11.4 Å². The molecule has 4 heteroatoms. The molecular weight excluding hydrogens is 200 g/mol. The Balaban J connectivity index is 2.25. The SMILES string of the molecule is Nc1ccc(-c2cccc3nccn23)nc1. The quantitative estimate of drug-likeness (QED) is 0.668. The monoisotopic (exact) mass is 210 g/mol. The zero-order valence-corrected chi connectivity index (χ0v) is 8.54. The van der Waals surface area contributed by atoms with E-state index in [1.807, 2.05) is 40.9 Å². The summed E-state index contributed by atoms with van der Waals surface area (Å²) in [6.07, 6.45) is 5.35. The summed E-state index contributed by atoms with van der Waals surface area (Å²) in [4.78, 5) is 8.54. The van der Waals surface area contributed by atoms with E-state index in [2.05, 4.69) is 9.97 Å². The minimum atomic E-state index is 0.668. The van der Waals surface area contributed by atoms with E-state index in [1.54, 1.807) is 12.4 Å². The van der Waals surface area contributed by atoms with Crippen LogP contribution in [-0.2, 0) is 0 Å². The third-order valence-corrected chi connectivity index (χ3v) is 2.48. The van der Waals surface area contributed by atoms with Crippen molar-refractivity contribution < 1.29 is 0 Å². The van der Waals surface area contributed by atoms with Crippen LogP contribution in [0.3, 0.4) is 0 Å². The van der Waals surface area contributed by atoms with E-state index in [1.165, 1.54) is 0 Å². The van der Waals surface area contributed by atoms with Gasteiger partial charge in [-0.05, 0) is 24.3 Å². The summed E-state index contributed by atoms with van der Waals surface area (Å²) in [7, 11) is 0. The van der Waals surface area contributed by atoms with Gasteiger partial charge >= 0.3 is 0 Å². The Kier molecular flexibility index (Phi) is 1.86. The molecule has 0 atom stereocenters. The molecule has 3 heterocycles. The number of anilines is 1. The number of nitrogens with two attached hydrogens (primary N) is 1. The fraction of sp³-hybridized carbons (Fsp3) is 0. The molecule has 0 fully saturated rings. The molecule has 0 unspecified atom stereocenters. The van der Waals surface area contributed by atoms with E-state index >= 15 is 0 Å². The Labute approximate surface area is 92.4 Å². The second-order valence-electron chi connectivity index (χ2n) is 3.54. The second-order valence-corrected chi connectivity index (χ2v) is 3.54. The van der Waals surface area contributed by atoms with E-state index < -0.39 is 0 Å². The van der Waals surface area contributed by atoms with Crippen LogP contribution in [0.25, 0.3) is 17.0 Å². The predicted octanol–water partition coefficient (Wildman–Crippen LogP) is 1.98. The third-order valence-electron chi connectivity index (χ3n) is 2.48. The van der Waals surface area contributed by atoms with E-state index in [0.717, 1.165) is 17.0 Å². The average Bonchev–Trinajstić information content (AvgIpc) is 2.78. The van der Waals surface area contributed by atoms with Crippen molar-refractivity contribution in [2.45, 2.75) is 0 Å². The van der Waals surface area contributed by atoms with E-state index in [0.29, 0.717) is 5.69 Å². The number of imidazole rings is 1. The minimum Gasteiger partial charge on any atom is -0.397 e. The Morgan fingerprint density at radius 2 is 2.00 bits per heavy atom. The van der Waals surface area contributed by atoms with E-state index in [9.17, 15) is 0 Å². The molecule has 4 nitrogen and oxygen atoms in total. The maximum absolute atomic E-state index is 5.62. The standard InChI is InChI=1S/C12H10N4/c13-9-4-5-10(15-8-9)11-2-1-3-12-14-6-7-16(11)12/h1-8H,13H2. The first-order valence-electron chi connectivity index (χ1n) is 4.98. The van der Waals surface area contributed by atoms with Crippen LogP contribution < -0.4 is 5.73 Å².